The third kappa shape index (κ3) is 2.56. The molecule has 1 aliphatic heterocycles. The van der Waals surface area contributed by atoms with Crippen molar-refractivity contribution in [2.24, 2.45) is 0 Å². The minimum atomic E-state index is 0.573. The molecule has 1 fully saturated rings. The van der Waals surface area contributed by atoms with Crippen molar-refractivity contribution < 1.29 is 0 Å². The summed E-state index contributed by atoms with van der Waals surface area (Å²) in [5.74, 6) is 1.09. The van der Waals surface area contributed by atoms with Crippen molar-refractivity contribution in [3.8, 4) is 0 Å². The quantitative estimate of drug-likeness (QED) is 0.870. The van der Waals surface area contributed by atoms with Gasteiger partial charge in [0.1, 0.15) is 5.82 Å². The number of nitrogens with zero attached hydrogens (tertiary/aromatic N) is 3. The van der Waals surface area contributed by atoms with Gasteiger partial charge in [-0.3, -0.25) is 0 Å². The Morgan fingerprint density at radius 3 is 2.95 bits per heavy atom. The van der Waals surface area contributed by atoms with E-state index < -0.39 is 0 Å². The molecule has 106 valence electrons. The molecule has 1 unspecified atom stereocenters. The first-order valence-corrected chi connectivity index (χ1v) is 7.21. The minimum Gasteiger partial charge on any atom is -0.399 e. The summed E-state index contributed by atoms with van der Waals surface area (Å²) < 4.78 is 0. The number of aromatic nitrogens is 1. The van der Waals surface area contributed by atoms with Crippen LogP contribution in [0.3, 0.4) is 0 Å². The van der Waals surface area contributed by atoms with E-state index >= 15 is 0 Å². The highest BCUT2D eigenvalue weighted by molar-refractivity contribution is 5.83. The lowest BCUT2D eigenvalue weighted by molar-refractivity contribution is 0.371. The fourth-order valence-electron chi connectivity index (χ4n) is 3.04. The molecule has 0 saturated carbocycles. The maximum Gasteiger partial charge on any atom is 0.129 e. The zero-order valence-corrected chi connectivity index (χ0v) is 12.2. The van der Waals surface area contributed by atoms with Crippen molar-refractivity contribution in [3.05, 3.63) is 30.3 Å². The Morgan fingerprint density at radius 1 is 1.30 bits per heavy atom. The average molecular weight is 270 g/mol. The molecule has 1 saturated heterocycles. The number of rotatable bonds is 3. The lowest BCUT2D eigenvalue weighted by Crippen LogP contribution is -2.37. The fourth-order valence-corrected chi connectivity index (χ4v) is 3.04. The van der Waals surface area contributed by atoms with Gasteiger partial charge in [-0.2, -0.15) is 0 Å². The molecule has 20 heavy (non-hydrogen) atoms. The van der Waals surface area contributed by atoms with Crippen molar-refractivity contribution in [1.82, 2.24) is 9.88 Å². The Bertz CT molecular complexity index is 608. The van der Waals surface area contributed by atoms with Crippen molar-refractivity contribution in [1.29, 1.82) is 0 Å². The Kier molecular flexibility index (Phi) is 3.49. The van der Waals surface area contributed by atoms with E-state index in [9.17, 15) is 0 Å². The zero-order valence-electron chi connectivity index (χ0n) is 12.2. The van der Waals surface area contributed by atoms with Crippen LogP contribution in [0, 0.1) is 0 Å². The van der Waals surface area contributed by atoms with E-state index in [4.69, 9.17) is 10.7 Å². The number of hydrogen-bond donors (Lipinski definition) is 1. The highest BCUT2D eigenvalue weighted by atomic mass is 15.3. The summed E-state index contributed by atoms with van der Waals surface area (Å²) in [5.41, 5.74) is 7.63. The highest BCUT2D eigenvalue weighted by Gasteiger charge is 2.25. The normalized spacial score (nSPS) is 19.1. The second-order valence-electron chi connectivity index (χ2n) is 5.87. The van der Waals surface area contributed by atoms with Gasteiger partial charge in [0.05, 0.1) is 5.52 Å². The molecule has 1 aromatic heterocycles. The van der Waals surface area contributed by atoms with Crippen LogP contribution in [0.15, 0.2) is 30.3 Å². The van der Waals surface area contributed by atoms with E-state index in [1.807, 2.05) is 18.2 Å². The molecule has 1 atom stereocenters. The first-order chi connectivity index (χ1) is 9.63. The Labute approximate surface area is 120 Å². The Hall–Kier alpha value is -1.81. The Balaban J connectivity index is 1.91. The van der Waals surface area contributed by atoms with Crippen molar-refractivity contribution in [2.75, 3.05) is 37.8 Å². The molecule has 4 nitrogen and oxygen atoms in total. The van der Waals surface area contributed by atoms with Crippen LogP contribution in [0.4, 0.5) is 11.5 Å². The maximum absolute atomic E-state index is 5.82. The van der Waals surface area contributed by atoms with Gasteiger partial charge >= 0.3 is 0 Å². The van der Waals surface area contributed by atoms with Gasteiger partial charge in [-0.05, 0) is 57.3 Å². The van der Waals surface area contributed by atoms with E-state index in [2.05, 4.69) is 36.0 Å². The summed E-state index contributed by atoms with van der Waals surface area (Å²) >= 11 is 0. The number of hydrogen-bond acceptors (Lipinski definition) is 4. The predicted octanol–water partition coefficient (Wildman–Crippen LogP) is 2.35. The molecule has 2 N–H and O–H groups in total. The lowest BCUT2D eigenvalue weighted by Gasteiger charge is -2.28. The molecular formula is C16H22N4. The molecule has 1 aliphatic rings. The molecule has 0 amide bonds. The number of benzene rings is 1. The van der Waals surface area contributed by atoms with Crippen LogP contribution in [0.1, 0.15) is 12.8 Å². The smallest absolute Gasteiger partial charge is 0.129 e. The molecule has 0 spiro atoms. The van der Waals surface area contributed by atoms with Crippen molar-refractivity contribution in [3.63, 3.8) is 0 Å². The van der Waals surface area contributed by atoms with Gasteiger partial charge in [0.25, 0.3) is 0 Å². The standard InChI is InChI=1S/C16H22N4/c1-19(2)11-14-4-3-9-20(14)16-8-5-12-10-13(17)6-7-15(12)18-16/h5-8,10,14H,3-4,9,11,17H2,1-2H3. The van der Waals surface area contributed by atoms with Gasteiger partial charge in [0, 0.05) is 30.2 Å². The summed E-state index contributed by atoms with van der Waals surface area (Å²) in [6.45, 7) is 2.19. The second-order valence-corrected chi connectivity index (χ2v) is 5.87. The molecule has 0 radical (unpaired) electrons. The van der Waals surface area contributed by atoms with Crippen LogP contribution in [0.5, 0.6) is 0 Å². The number of pyridine rings is 1. The number of anilines is 2. The van der Waals surface area contributed by atoms with Gasteiger partial charge in [0.15, 0.2) is 0 Å². The first kappa shape index (κ1) is 13.2. The summed E-state index contributed by atoms with van der Waals surface area (Å²) in [4.78, 5) is 9.50. The van der Waals surface area contributed by atoms with Crippen LogP contribution in [-0.2, 0) is 0 Å². The monoisotopic (exact) mass is 270 g/mol. The average Bonchev–Trinajstić information content (AvgIpc) is 2.85. The van der Waals surface area contributed by atoms with Crippen molar-refractivity contribution >= 4 is 22.4 Å². The maximum atomic E-state index is 5.82. The van der Waals surface area contributed by atoms with Gasteiger partial charge in [-0.1, -0.05) is 0 Å². The number of likely N-dealkylation sites (N-methyl/N-ethyl adjacent to an activating group) is 1. The summed E-state index contributed by atoms with van der Waals surface area (Å²) in [6.07, 6.45) is 2.50. The molecule has 1 aromatic carbocycles. The van der Waals surface area contributed by atoms with Crippen LogP contribution >= 0.6 is 0 Å². The molecule has 4 heteroatoms. The van der Waals surface area contributed by atoms with E-state index in [1.165, 1.54) is 12.8 Å². The SMILES string of the molecule is CN(C)CC1CCCN1c1ccc2cc(N)ccc2n1. The summed E-state index contributed by atoms with van der Waals surface area (Å²) in [7, 11) is 4.26. The molecular weight excluding hydrogens is 248 g/mol. The summed E-state index contributed by atoms with van der Waals surface area (Å²) in [6, 6.07) is 10.7. The van der Waals surface area contributed by atoms with Gasteiger partial charge in [-0.25, -0.2) is 4.98 Å². The van der Waals surface area contributed by atoms with Crippen LogP contribution in [-0.4, -0.2) is 43.1 Å². The third-order valence-corrected chi connectivity index (χ3v) is 3.95. The molecule has 2 heterocycles. The molecule has 0 bridgehead atoms. The van der Waals surface area contributed by atoms with Crippen molar-refractivity contribution in [2.45, 2.75) is 18.9 Å². The van der Waals surface area contributed by atoms with Crippen LogP contribution < -0.4 is 10.6 Å². The minimum absolute atomic E-state index is 0.573. The largest absolute Gasteiger partial charge is 0.399 e. The molecule has 2 aromatic rings. The van der Waals surface area contributed by atoms with Gasteiger partial charge in [0.2, 0.25) is 0 Å². The summed E-state index contributed by atoms with van der Waals surface area (Å²) in [5, 5.41) is 1.11. The van der Waals surface area contributed by atoms with E-state index in [0.29, 0.717) is 6.04 Å². The van der Waals surface area contributed by atoms with Crippen LogP contribution in [0.25, 0.3) is 10.9 Å². The van der Waals surface area contributed by atoms with Gasteiger partial charge < -0.3 is 15.5 Å². The molecule has 0 aliphatic carbocycles. The lowest BCUT2D eigenvalue weighted by atomic mass is 10.2. The topological polar surface area (TPSA) is 45.4 Å². The van der Waals surface area contributed by atoms with E-state index in [0.717, 1.165) is 35.5 Å². The number of nitrogens with two attached hydrogens (primary N) is 1. The second kappa shape index (κ2) is 5.29. The van der Waals surface area contributed by atoms with Gasteiger partial charge in [-0.15, -0.1) is 0 Å². The number of fused-ring (bicyclic) bond motifs is 1. The first-order valence-electron chi connectivity index (χ1n) is 7.21. The predicted molar refractivity (Wildman–Crippen MR) is 85.1 cm³/mol. The Morgan fingerprint density at radius 2 is 2.15 bits per heavy atom. The third-order valence-electron chi connectivity index (χ3n) is 3.95. The number of nitrogen functional groups attached to an aromatic ring is 1. The molecule has 3 rings (SSSR count). The fraction of sp³-hybridized carbons (Fsp3) is 0.438. The van der Waals surface area contributed by atoms with Crippen LogP contribution in [0.2, 0.25) is 0 Å². The van der Waals surface area contributed by atoms with E-state index in [1.54, 1.807) is 0 Å². The zero-order chi connectivity index (χ0) is 14.1. The van der Waals surface area contributed by atoms with E-state index in [-0.39, 0.29) is 0 Å². The highest BCUT2D eigenvalue weighted by Crippen LogP contribution is 2.26.